The van der Waals surface area contributed by atoms with Crippen LogP contribution in [0.1, 0.15) is 23.5 Å². The first-order valence-corrected chi connectivity index (χ1v) is 8.79. The van der Waals surface area contributed by atoms with E-state index in [1.54, 1.807) is 6.08 Å². The summed E-state index contributed by atoms with van der Waals surface area (Å²) in [5, 5.41) is 3.19. The third-order valence-corrected chi connectivity index (χ3v) is 4.94. The minimum atomic E-state index is -0.290. The van der Waals surface area contributed by atoms with Gasteiger partial charge in [-0.2, -0.15) is 0 Å². The lowest BCUT2D eigenvalue weighted by molar-refractivity contribution is -0.116. The average molecular weight is 392 g/mol. The first kappa shape index (κ1) is 16.0. The van der Waals surface area contributed by atoms with Gasteiger partial charge in [-0.1, -0.05) is 45.9 Å². The van der Waals surface area contributed by atoms with Gasteiger partial charge in [0.15, 0.2) is 5.16 Å². The van der Waals surface area contributed by atoms with Gasteiger partial charge < -0.3 is 10.3 Å². The Hall–Kier alpha value is -1.86. The van der Waals surface area contributed by atoms with Crippen LogP contribution in [-0.2, 0) is 4.79 Å². The van der Waals surface area contributed by atoms with Crippen molar-refractivity contribution in [2.45, 2.75) is 17.5 Å². The molecule has 1 aliphatic heterocycles. The predicted octanol–water partition coefficient (Wildman–Crippen LogP) is 3.28. The van der Waals surface area contributed by atoms with E-state index in [4.69, 9.17) is 0 Å². The first-order chi connectivity index (χ1) is 11.1. The number of hydrogen-bond acceptors (Lipinski definition) is 4. The first-order valence-electron chi connectivity index (χ1n) is 7.01. The summed E-state index contributed by atoms with van der Waals surface area (Å²) in [7, 11) is 0. The molecule has 2 aromatic rings. The van der Waals surface area contributed by atoms with Crippen molar-refractivity contribution in [3.8, 4) is 0 Å². The van der Waals surface area contributed by atoms with Crippen molar-refractivity contribution < 1.29 is 4.79 Å². The number of nitrogens with one attached hydrogen (secondary N) is 2. The van der Waals surface area contributed by atoms with Crippen LogP contribution in [0, 0.1) is 0 Å². The number of aromatic nitrogens is 2. The van der Waals surface area contributed by atoms with Crippen molar-refractivity contribution in [3.63, 3.8) is 0 Å². The average Bonchev–Trinajstić information content (AvgIpc) is 2.52. The fourth-order valence-corrected chi connectivity index (χ4v) is 3.40. The fourth-order valence-electron chi connectivity index (χ4n) is 2.54. The normalized spacial score (nSPS) is 16.6. The number of nitrogens with zero attached hydrogens (tertiary/aromatic N) is 1. The summed E-state index contributed by atoms with van der Waals surface area (Å²) in [5.41, 5.74) is 1.22. The number of hydrogen-bond donors (Lipinski definition) is 2. The Bertz CT molecular complexity index is 817. The zero-order valence-electron chi connectivity index (χ0n) is 12.1. The number of H-pyrrole nitrogens is 1. The van der Waals surface area contributed by atoms with Crippen molar-refractivity contribution in [2.75, 3.05) is 11.1 Å². The number of carbonyl (C=O) groups is 1. The van der Waals surface area contributed by atoms with Gasteiger partial charge >= 0.3 is 0 Å². The molecular formula is C16H14BrN3O2S. The van der Waals surface area contributed by atoms with Crippen LogP contribution in [0.3, 0.4) is 0 Å². The molecule has 1 aromatic carbocycles. The van der Waals surface area contributed by atoms with Gasteiger partial charge in [-0.25, -0.2) is 4.98 Å². The van der Waals surface area contributed by atoms with E-state index in [0.29, 0.717) is 22.3 Å². The van der Waals surface area contributed by atoms with Crippen LogP contribution in [-0.4, -0.2) is 21.6 Å². The molecule has 7 heteroatoms. The molecule has 0 spiro atoms. The van der Waals surface area contributed by atoms with Crippen LogP contribution >= 0.6 is 27.7 Å². The molecule has 1 amide bonds. The van der Waals surface area contributed by atoms with Crippen LogP contribution in [0.15, 0.2) is 51.3 Å². The highest BCUT2D eigenvalue weighted by atomic mass is 79.9. The maximum absolute atomic E-state index is 12.5. The fraction of sp³-hybridized carbons (Fsp3) is 0.188. The summed E-state index contributed by atoms with van der Waals surface area (Å²) in [6, 6.07) is 7.63. The lowest BCUT2D eigenvalue weighted by Gasteiger charge is -2.24. The minimum Gasteiger partial charge on any atom is -0.310 e. The topological polar surface area (TPSA) is 74.8 Å². The highest BCUT2D eigenvalue weighted by Crippen LogP contribution is 2.34. The number of aromatic amines is 1. The zero-order valence-corrected chi connectivity index (χ0v) is 14.5. The molecule has 2 N–H and O–H groups in total. The highest BCUT2D eigenvalue weighted by Gasteiger charge is 2.30. The third-order valence-electron chi connectivity index (χ3n) is 3.54. The molecule has 0 saturated heterocycles. The second-order valence-electron chi connectivity index (χ2n) is 5.09. The second kappa shape index (κ2) is 6.72. The predicted molar refractivity (Wildman–Crippen MR) is 95.0 cm³/mol. The van der Waals surface area contributed by atoms with Gasteiger partial charge in [0, 0.05) is 22.6 Å². The van der Waals surface area contributed by atoms with E-state index < -0.39 is 0 Å². The van der Waals surface area contributed by atoms with Crippen molar-refractivity contribution in [3.05, 3.63) is 62.9 Å². The van der Waals surface area contributed by atoms with Gasteiger partial charge in [0.05, 0.1) is 5.56 Å². The molecule has 1 unspecified atom stereocenters. The van der Waals surface area contributed by atoms with Crippen molar-refractivity contribution >= 4 is 39.4 Å². The molecule has 23 heavy (non-hydrogen) atoms. The maximum Gasteiger partial charge on any atom is 0.257 e. The number of amides is 1. The molecule has 0 aliphatic carbocycles. The van der Waals surface area contributed by atoms with E-state index in [1.165, 1.54) is 11.8 Å². The Balaban J connectivity index is 2.06. The monoisotopic (exact) mass is 391 g/mol. The molecule has 0 fully saturated rings. The Kier molecular flexibility index (Phi) is 4.68. The summed E-state index contributed by atoms with van der Waals surface area (Å²) in [4.78, 5) is 31.7. The van der Waals surface area contributed by atoms with Crippen LogP contribution in [0.5, 0.6) is 0 Å². The molecule has 3 rings (SSSR count). The zero-order chi connectivity index (χ0) is 16.4. The number of halogens is 1. The van der Waals surface area contributed by atoms with Gasteiger partial charge in [-0.15, -0.1) is 6.58 Å². The Morgan fingerprint density at radius 2 is 2.09 bits per heavy atom. The van der Waals surface area contributed by atoms with Crippen LogP contribution in [0.2, 0.25) is 0 Å². The van der Waals surface area contributed by atoms with Crippen molar-refractivity contribution in [1.82, 2.24) is 9.97 Å². The van der Waals surface area contributed by atoms with E-state index in [0.717, 1.165) is 10.0 Å². The van der Waals surface area contributed by atoms with E-state index in [1.807, 2.05) is 24.3 Å². The lowest BCUT2D eigenvalue weighted by Crippen LogP contribution is -2.31. The molecule has 0 saturated carbocycles. The van der Waals surface area contributed by atoms with E-state index in [9.17, 15) is 9.59 Å². The molecule has 1 aromatic heterocycles. The standard InChI is InChI=1S/C16H14BrN3O2S/c1-2-7-23-16-19-14-13(15(22)20-16)11(8-12(21)18-14)9-3-5-10(17)6-4-9/h2-6,11H,1,7-8H2,(H2,18,19,20,21,22). The van der Waals surface area contributed by atoms with E-state index >= 15 is 0 Å². The number of rotatable bonds is 4. The van der Waals surface area contributed by atoms with Crippen molar-refractivity contribution in [1.29, 1.82) is 0 Å². The largest absolute Gasteiger partial charge is 0.310 e. The Morgan fingerprint density at radius 1 is 1.35 bits per heavy atom. The van der Waals surface area contributed by atoms with Crippen molar-refractivity contribution in [2.24, 2.45) is 0 Å². The summed E-state index contributed by atoms with van der Waals surface area (Å²) in [5.74, 6) is 0.556. The van der Waals surface area contributed by atoms with Crippen LogP contribution in [0.25, 0.3) is 0 Å². The van der Waals surface area contributed by atoms with Crippen LogP contribution < -0.4 is 10.9 Å². The summed E-state index contributed by atoms with van der Waals surface area (Å²) < 4.78 is 0.949. The number of thioether (sulfide) groups is 1. The molecular weight excluding hydrogens is 378 g/mol. The number of benzene rings is 1. The maximum atomic E-state index is 12.5. The Morgan fingerprint density at radius 3 is 2.78 bits per heavy atom. The highest BCUT2D eigenvalue weighted by molar-refractivity contribution is 9.10. The smallest absolute Gasteiger partial charge is 0.257 e. The summed E-state index contributed by atoms with van der Waals surface area (Å²) in [6.45, 7) is 3.64. The molecule has 5 nitrogen and oxygen atoms in total. The van der Waals surface area contributed by atoms with Gasteiger partial charge in [0.25, 0.3) is 5.56 Å². The van der Waals surface area contributed by atoms with Gasteiger partial charge in [-0.05, 0) is 17.7 Å². The number of fused-ring (bicyclic) bond motifs is 1. The summed E-state index contributed by atoms with van der Waals surface area (Å²) in [6.07, 6.45) is 1.96. The lowest BCUT2D eigenvalue weighted by atomic mass is 9.87. The van der Waals surface area contributed by atoms with E-state index in [2.05, 4.69) is 37.8 Å². The molecule has 1 atom stereocenters. The second-order valence-corrected chi connectivity index (χ2v) is 7.01. The van der Waals surface area contributed by atoms with Crippen LogP contribution in [0.4, 0.5) is 5.82 Å². The third kappa shape index (κ3) is 3.40. The number of anilines is 1. The van der Waals surface area contributed by atoms with E-state index in [-0.39, 0.29) is 23.8 Å². The molecule has 1 aliphatic rings. The number of carbonyl (C=O) groups excluding carboxylic acids is 1. The SMILES string of the molecule is C=CCSc1nc2c(c(=O)[nH]1)C(c1ccc(Br)cc1)CC(=O)N2. The summed E-state index contributed by atoms with van der Waals surface area (Å²) >= 11 is 4.76. The van der Waals surface area contributed by atoms with Gasteiger partial charge in [-0.3, -0.25) is 9.59 Å². The molecule has 118 valence electrons. The van der Waals surface area contributed by atoms with Gasteiger partial charge in [0.1, 0.15) is 5.82 Å². The molecule has 0 radical (unpaired) electrons. The minimum absolute atomic E-state index is 0.136. The van der Waals surface area contributed by atoms with Gasteiger partial charge in [0.2, 0.25) is 5.91 Å². The Labute approximate surface area is 145 Å². The molecule has 2 heterocycles. The quantitative estimate of drug-likeness (QED) is 0.476. The molecule has 0 bridgehead atoms.